The minimum atomic E-state index is -0.365. The molecular weight excluding hydrogens is 348 g/mol. The smallest absolute Gasteiger partial charge is 0.338 e. The molecule has 114 valence electrons. The van der Waals surface area contributed by atoms with Crippen molar-refractivity contribution in [1.82, 2.24) is 14.8 Å². The summed E-state index contributed by atoms with van der Waals surface area (Å²) in [5.74, 6) is 0.255. The summed E-state index contributed by atoms with van der Waals surface area (Å²) < 4.78 is 7.62. The molecule has 0 fully saturated rings. The van der Waals surface area contributed by atoms with Crippen molar-refractivity contribution in [3.8, 4) is 0 Å². The number of ether oxygens (including phenoxy) is 1. The first-order chi connectivity index (χ1) is 10.7. The van der Waals surface area contributed by atoms with Crippen LogP contribution in [0.4, 0.5) is 5.95 Å². The molecule has 1 aromatic heterocycles. The number of nitrogens with zero attached hydrogens (tertiary/aromatic N) is 3. The number of anilines is 1. The van der Waals surface area contributed by atoms with Gasteiger partial charge in [0.2, 0.25) is 5.95 Å². The predicted octanol–water partition coefficient (Wildman–Crippen LogP) is 2.89. The van der Waals surface area contributed by atoms with E-state index >= 15 is 0 Å². The van der Waals surface area contributed by atoms with E-state index in [0.29, 0.717) is 17.9 Å². The van der Waals surface area contributed by atoms with Gasteiger partial charge in [-0.3, -0.25) is 0 Å². The summed E-state index contributed by atoms with van der Waals surface area (Å²) in [5.41, 5.74) is 2.30. The average molecular weight is 363 g/mol. The van der Waals surface area contributed by atoms with Gasteiger partial charge in [0.25, 0.3) is 0 Å². The summed E-state index contributed by atoms with van der Waals surface area (Å²) in [6.45, 7) is 1.98. The Morgan fingerprint density at radius 1 is 1.50 bits per heavy atom. The number of allylic oxidation sites excluding steroid dienone is 1. The maximum atomic E-state index is 12.3. The fourth-order valence-electron chi connectivity index (χ4n) is 2.63. The zero-order valence-electron chi connectivity index (χ0n) is 12.2. The number of hydrogen-bond donors (Lipinski definition) is 1. The lowest BCUT2D eigenvalue weighted by molar-refractivity contribution is -0.136. The molecule has 1 aliphatic heterocycles. The fraction of sp³-hybridized carbons (Fsp3) is 0.267. The van der Waals surface area contributed by atoms with Crippen LogP contribution in [-0.4, -0.2) is 27.8 Å². The molecule has 3 rings (SSSR count). The third-order valence-corrected chi connectivity index (χ3v) is 4.10. The van der Waals surface area contributed by atoms with E-state index in [9.17, 15) is 4.79 Å². The Balaban J connectivity index is 2.22. The van der Waals surface area contributed by atoms with E-state index in [-0.39, 0.29) is 12.0 Å². The van der Waals surface area contributed by atoms with Crippen LogP contribution in [0.1, 0.15) is 24.9 Å². The summed E-state index contributed by atoms with van der Waals surface area (Å²) in [7, 11) is 1.39. The van der Waals surface area contributed by atoms with Crippen molar-refractivity contribution in [1.29, 1.82) is 0 Å². The second-order valence-corrected chi connectivity index (χ2v) is 5.76. The summed E-state index contributed by atoms with van der Waals surface area (Å²) in [5, 5.41) is 7.43. The summed E-state index contributed by atoms with van der Waals surface area (Å²) in [6, 6.07) is 7.44. The molecule has 1 aromatic carbocycles. The molecule has 0 aliphatic carbocycles. The molecule has 1 N–H and O–H groups in total. The van der Waals surface area contributed by atoms with Gasteiger partial charge in [-0.15, -0.1) is 0 Å². The third kappa shape index (κ3) is 2.41. The fourth-order valence-corrected chi connectivity index (χ4v) is 3.04. The van der Waals surface area contributed by atoms with Gasteiger partial charge >= 0.3 is 5.97 Å². The van der Waals surface area contributed by atoms with Crippen LogP contribution in [0.2, 0.25) is 0 Å². The molecule has 0 amide bonds. The number of nitrogens with one attached hydrogen (secondary N) is 1. The number of methoxy groups -OCH3 is 1. The van der Waals surface area contributed by atoms with E-state index in [0.717, 1.165) is 15.7 Å². The first kappa shape index (κ1) is 14.8. The van der Waals surface area contributed by atoms with Crippen LogP contribution in [0.3, 0.4) is 0 Å². The van der Waals surface area contributed by atoms with Gasteiger partial charge in [-0.1, -0.05) is 35.0 Å². The lowest BCUT2D eigenvalue weighted by Gasteiger charge is -2.28. The minimum Gasteiger partial charge on any atom is -0.466 e. The second kappa shape index (κ2) is 5.92. The normalized spacial score (nSPS) is 17.0. The van der Waals surface area contributed by atoms with Gasteiger partial charge in [0.15, 0.2) is 0 Å². The Labute approximate surface area is 136 Å². The van der Waals surface area contributed by atoms with Gasteiger partial charge in [-0.25, -0.2) is 9.48 Å². The van der Waals surface area contributed by atoms with Crippen LogP contribution in [0.25, 0.3) is 0 Å². The monoisotopic (exact) mass is 362 g/mol. The van der Waals surface area contributed by atoms with E-state index in [2.05, 4.69) is 31.3 Å². The first-order valence-corrected chi connectivity index (χ1v) is 7.68. The van der Waals surface area contributed by atoms with Crippen LogP contribution in [0.15, 0.2) is 46.3 Å². The number of benzene rings is 1. The molecule has 0 unspecified atom stereocenters. The van der Waals surface area contributed by atoms with Crippen molar-refractivity contribution in [2.75, 3.05) is 12.4 Å². The number of fused-ring (bicyclic) bond motifs is 1. The zero-order chi connectivity index (χ0) is 15.7. The number of carbonyl (C=O) groups is 1. The number of esters is 1. The van der Waals surface area contributed by atoms with Crippen molar-refractivity contribution in [3.63, 3.8) is 0 Å². The lowest BCUT2D eigenvalue weighted by atomic mass is 9.95. The molecule has 0 saturated heterocycles. The van der Waals surface area contributed by atoms with Gasteiger partial charge in [-0.2, -0.15) is 10.1 Å². The van der Waals surface area contributed by atoms with Crippen molar-refractivity contribution in [2.45, 2.75) is 19.4 Å². The molecule has 2 heterocycles. The lowest BCUT2D eigenvalue weighted by Crippen LogP contribution is -2.30. The van der Waals surface area contributed by atoms with E-state index < -0.39 is 0 Å². The molecule has 7 heteroatoms. The molecule has 1 atom stereocenters. The van der Waals surface area contributed by atoms with E-state index in [1.807, 2.05) is 31.2 Å². The Morgan fingerprint density at radius 3 is 3.00 bits per heavy atom. The topological polar surface area (TPSA) is 69.0 Å². The van der Waals surface area contributed by atoms with E-state index in [1.165, 1.54) is 13.4 Å². The van der Waals surface area contributed by atoms with Crippen LogP contribution in [0.5, 0.6) is 0 Å². The molecule has 1 aliphatic rings. The highest BCUT2D eigenvalue weighted by molar-refractivity contribution is 9.10. The van der Waals surface area contributed by atoms with Crippen molar-refractivity contribution < 1.29 is 9.53 Å². The minimum absolute atomic E-state index is 0.362. The standard InChI is InChI=1S/C15H15BrN4O2/c1-3-11-12(14(21)22-2)13(9-5-4-6-10(16)7-9)20-15(19-11)17-8-18-20/h4-8,13H,3H2,1-2H3,(H,17,18,19)/t13-/m1/s1. The molecular formula is C15H15BrN4O2. The predicted molar refractivity (Wildman–Crippen MR) is 85.3 cm³/mol. The summed E-state index contributed by atoms with van der Waals surface area (Å²) in [6.07, 6.45) is 2.14. The quantitative estimate of drug-likeness (QED) is 0.850. The van der Waals surface area contributed by atoms with Crippen LogP contribution >= 0.6 is 15.9 Å². The van der Waals surface area contributed by atoms with Gasteiger partial charge in [0.05, 0.1) is 12.7 Å². The highest BCUT2D eigenvalue weighted by Crippen LogP contribution is 2.36. The highest BCUT2D eigenvalue weighted by atomic mass is 79.9. The van der Waals surface area contributed by atoms with Crippen LogP contribution in [0, 0.1) is 0 Å². The van der Waals surface area contributed by atoms with E-state index in [4.69, 9.17) is 4.74 Å². The number of carbonyl (C=O) groups excluding carboxylic acids is 1. The number of rotatable bonds is 3. The maximum Gasteiger partial charge on any atom is 0.338 e. The summed E-state index contributed by atoms with van der Waals surface area (Å²) >= 11 is 3.47. The Kier molecular flexibility index (Phi) is 3.98. The molecule has 6 nitrogen and oxygen atoms in total. The van der Waals surface area contributed by atoms with Crippen molar-refractivity contribution in [3.05, 3.63) is 51.9 Å². The Hall–Kier alpha value is -2.15. The number of aromatic nitrogens is 3. The molecule has 0 radical (unpaired) electrons. The Bertz CT molecular complexity index is 754. The third-order valence-electron chi connectivity index (χ3n) is 3.60. The highest BCUT2D eigenvalue weighted by Gasteiger charge is 2.34. The molecule has 0 spiro atoms. The van der Waals surface area contributed by atoms with Gasteiger partial charge in [0, 0.05) is 10.2 Å². The molecule has 0 saturated carbocycles. The van der Waals surface area contributed by atoms with E-state index in [1.54, 1.807) is 4.68 Å². The summed E-state index contributed by atoms with van der Waals surface area (Å²) in [4.78, 5) is 16.6. The van der Waals surface area contributed by atoms with Gasteiger partial charge < -0.3 is 10.1 Å². The van der Waals surface area contributed by atoms with Crippen LogP contribution < -0.4 is 5.32 Å². The number of hydrogen-bond acceptors (Lipinski definition) is 5. The molecule has 22 heavy (non-hydrogen) atoms. The molecule has 0 bridgehead atoms. The SMILES string of the molecule is CCC1=C(C(=O)OC)[C@@H](c2cccc(Br)c2)n2ncnc2N1. The molecule has 2 aromatic rings. The second-order valence-electron chi connectivity index (χ2n) is 4.85. The van der Waals surface area contributed by atoms with Crippen molar-refractivity contribution in [2.24, 2.45) is 0 Å². The van der Waals surface area contributed by atoms with Gasteiger partial charge in [0.1, 0.15) is 12.4 Å². The first-order valence-electron chi connectivity index (χ1n) is 6.89. The van der Waals surface area contributed by atoms with Crippen LogP contribution in [-0.2, 0) is 9.53 Å². The van der Waals surface area contributed by atoms with Crippen molar-refractivity contribution >= 4 is 27.8 Å². The van der Waals surface area contributed by atoms with Gasteiger partial charge in [-0.05, 0) is 24.1 Å². The largest absolute Gasteiger partial charge is 0.466 e. The number of halogens is 1. The Morgan fingerprint density at radius 2 is 2.32 bits per heavy atom. The maximum absolute atomic E-state index is 12.3. The zero-order valence-corrected chi connectivity index (χ0v) is 13.8. The average Bonchev–Trinajstić information content (AvgIpc) is 3.00.